The quantitative estimate of drug-likeness (QED) is 0.147. The van der Waals surface area contributed by atoms with Crippen molar-refractivity contribution in [2.75, 3.05) is 4.90 Å². The highest BCUT2D eigenvalue weighted by Gasteiger charge is 2.18. The molecule has 0 radical (unpaired) electrons. The predicted octanol–water partition coefficient (Wildman–Crippen LogP) is 16.4. The Labute approximate surface area is 344 Å². The molecule has 0 aliphatic rings. The molecule has 0 amide bonds. The zero-order chi connectivity index (χ0) is 39.1. The molecular weight excluding hydrogens is 711 g/mol. The SMILES string of the molecule is c1ccc(-c2cccc(N(c3ccc(-c4cccc5ccccc45)cc3)c3cccc(-c4ccccc4-c4cc5c6ccccc6ccc5c5ccccc45)c3)c2)cc1. The van der Waals surface area contributed by atoms with E-state index in [-0.39, 0.29) is 0 Å². The molecule has 0 heterocycles. The number of hydrogen-bond acceptors (Lipinski definition) is 1. The molecule has 0 aliphatic carbocycles. The first-order chi connectivity index (χ1) is 29.3. The maximum absolute atomic E-state index is 2.42. The van der Waals surface area contributed by atoms with Crippen LogP contribution in [0.5, 0.6) is 0 Å². The lowest BCUT2D eigenvalue weighted by molar-refractivity contribution is 1.28. The van der Waals surface area contributed by atoms with E-state index in [1.807, 2.05) is 0 Å². The van der Waals surface area contributed by atoms with Gasteiger partial charge in [-0.2, -0.15) is 0 Å². The number of rotatable bonds is 7. The molecule has 276 valence electrons. The number of benzene rings is 11. The maximum Gasteiger partial charge on any atom is 0.0467 e. The van der Waals surface area contributed by atoms with Crippen LogP contribution in [0.1, 0.15) is 0 Å². The van der Waals surface area contributed by atoms with Crippen LogP contribution in [0, 0.1) is 0 Å². The topological polar surface area (TPSA) is 3.24 Å². The normalized spacial score (nSPS) is 11.4. The molecule has 0 unspecified atom stereocenters. The molecule has 1 heteroatoms. The standard InChI is InChI=1S/C58H39N/c1-2-15-40(16-3-1)44-20-12-22-47(37-44)59(46-34-31-43(32-35-46)50-30-14-19-41-17-4-6-24-49(41)50)48-23-13-21-45(38-48)52-26-8-9-27-53(52)58-39-57-51-25-7-5-18-42(51)33-36-56(57)54-28-10-11-29-55(54)58/h1-39H. The van der Waals surface area contributed by atoms with Crippen LogP contribution in [-0.4, -0.2) is 0 Å². The number of fused-ring (bicyclic) bond motifs is 6. The molecule has 0 saturated heterocycles. The average Bonchev–Trinajstić information content (AvgIpc) is 3.32. The van der Waals surface area contributed by atoms with Gasteiger partial charge in [-0.1, -0.05) is 194 Å². The Hall–Kier alpha value is -7.74. The van der Waals surface area contributed by atoms with Crippen LogP contribution < -0.4 is 4.90 Å². The van der Waals surface area contributed by atoms with E-state index in [4.69, 9.17) is 0 Å². The average molecular weight is 750 g/mol. The summed E-state index contributed by atoms with van der Waals surface area (Å²) >= 11 is 0. The van der Waals surface area contributed by atoms with Gasteiger partial charge >= 0.3 is 0 Å². The molecular formula is C58H39N. The number of anilines is 3. The van der Waals surface area contributed by atoms with Crippen molar-refractivity contribution in [3.05, 3.63) is 237 Å². The third-order valence-electron chi connectivity index (χ3n) is 11.8. The van der Waals surface area contributed by atoms with E-state index in [1.165, 1.54) is 82.0 Å². The second kappa shape index (κ2) is 14.6. The molecule has 11 rings (SSSR count). The maximum atomic E-state index is 2.42. The zero-order valence-corrected chi connectivity index (χ0v) is 32.5. The molecule has 0 aliphatic heterocycles. The fourth-order valence-corrected chi connectivity index (χ4v) is 9.04. The van der Waals surface area contributed by atoms with Crippen molar-refractivity contribution in [1.82, 2.24) is 0 Å². The molecule has 0 aromatic heterocycles. The molecule has 0 spiro atoms. The van der Waals surface area contributed by atoms with Gasteiger partial charge in [0, 0.05) is 17.1 Å². The fourth-order valence-electron chi connectivity index (χ4n) is 9.04. The van der Waals surface area contributed by atoms with Crippen LogP contribution >= 0.6 is 0 Å². The van der Waals surface area contributed by atoms with Crippen molar-refractivity contribution >= 4 is 60.2 Å². The van der Waals surface area contributed by atoms with Gasteiger partial charge < -0.3 is 4.90 Å². The van der Waals surface area contributed by atoms with Gasteiger partial charge in [0.05, 0.1) is 0 Å². The van der Waals surface area contributed by atoms with E-state index < -0.39 is 0 Å². The van der Waals surface area contributed by atoms with Crippen LogP contribution in [0.25, 0.3) is 87.6 Å². The minimum atomic E-state index is 1.09. The third-order valence-corrected chi connectivity index (χ3v) is 11.8. The summed E-state index contributed by atoms with van der Waals surface area (Å²) in [4.78, 5) is 2.39. The highest BCUT2D eigenvalue weighted by molar-refractivity contribution is 6.21. The minimum Gasteiger partial charge on any atom is -0.310 e. The highest BCUT2D eigenvalue weighted by atomic mass is 15.1. The zero-order valence-electron chi connectivity index (χ0n) is 32.5. The van der Waals surface area contributed by atoms with E-state index in [2.05, 4.69) is 241 Å². The van der Waals surface area contributed by atoms with E-state index in [9.17, 15) is 0 Å². The van der Waals surface area contributed by atoms with Crippen LogP contribution in [0.3, 0.4) is 0 Å². The van der Waals surface area contributed by atoms with Crippen molar-refractivity contribution in [1.29, 1.82) is 0 Å². The summed E-state index contributed by atoms with van der Waals surface area (Å²) in [5.74, 6) is 0. The lowest BCUT2D eigenvalue weighted by atomic mass is 9.87. The summed E-state index contributed by atoms with van der Waals surface area (Å²) in [5, 5.41) is 10.1. The second-order valence-corrected chi connectivity index (χ2v) is 15.3. The molecule has 11 aromatic rings. The van der Waals surface area contributed by atoms with Gasteiger partial charge in [-0.05, 0) is 130 Å². The Morgan fingerprint density at radius 2 is 0.729 bits per heavy atom. The Kier molecular flexibility index (Phi) is 8.56. The van der Waals surface area contributed by atoms with Crippen LogP contribution in [-0.2, 0) is 0 Å². The smallest absolute Gasteiger partial charge is 0.0467 e. The molecule has 0 fully saturated rings. The van der Waals surface area contributed by atoms with E-state index in [0.29, 0.717) is 0 Å². The van der Waals surface area contributed by atoms with Gasteiger partial charge in [-0.15, -0.1) is 0 Å². The Morgan fingerprint density at radius 3 is 1.51 bits per heavy atom. The van der Waals surface area contributed by atoms with Crippen molar-refractivity contribution < 1.29 is 0 Å². The summed E-state index contributed by atoms with van der Waals surface area (Å²) in [6, 6.07) is 86.3. The number of nitrogens with zero attached hydrogens (tertiary/aromatic N) is 1. The molecule has 0 saturated carbocycles. The van der Waals surface area contributed by atoms with Gasteiger partial charge in [-0.3, -0.25) is 0 Å². The predicted molar refractivity (Wildman–Crippen MR) is 253 cm³/mol. The van der Waals surface area contributed by atoms with Crippen molar-refractivity contribution in [3.63, 3.8) is 0 Å². The summed E-state index contributed by atoms with van der Waals surface area (Å²) in [6.07, 6.45) is 0. The molecule has 0 atom stereocenters. The lowest BCUT2D eigenvalue weighted by Gasteiger charge is -2.27. The van der Waals surface area contributed by atoms with Gasteiger partial charge in [0.2, 0.25) is 0 Å². The van der Waals surface area contributed by atoms with Gasteiger partial charge in [0.15, 0.2) is 0 Å². The number of hydrogen-bond donors (Lipinski definition) is 0. The Balaban J connectivity index is 1.07. The van der Waals surface area contributed by atoms with Gasteiger partial charge in [0.1, 0.15) is 0 Å². The summed E-state index contributed by atoms with van der Waals surface area (Å²) in [5.41, 5.74) is 12.9. The second-order valence-electron chi connectivity index (χ2n) is 15.3. The van der Waals surface area contributed by atoms with Crippen molar-refractivity contribution in [2.45, 2.75) is 0 Å². The highest BCUT2D eigenvalue weighted by Crippen LogP contribution is 2.44. The van der Waals surface area contributed by atoms with Crippen molar-refractivity contribution in [3.8, 4) is 44.5 Å². The van der Waals surface area contributed by atoms with E-state index in [1.54, 1.807) is 0 Å². The molecule has 11 aromatic carbocycles. The summed E-state index contributed by atoms with van der Waals surface area (Å²) in [7, 11) is 0. The van der Waals surface area contributed by atoms with Gasteiger partial charge in [0.25, 0.3) is 0 Å². The largest absolute Gasteiger partial charge is 0.310 e. The lowest BCUT2D eigenvalue weighted by Crippen LogP contribution is -2.10. The summed E-state index contributed by atoms with van der Waals surface area (Å²) < 4.78 is 0. The third kappa shape index (κ3) is 6.21. The monoisotopic (exact) mass is 749 g/mol. The fraction of sp³-hybridized carbons (Fsp3) is 0. The molecule has 1 nitrogen and oxygen atoms in total. The molecule has 0 bridgehead atoms. The minimum absolute atomic E-state index is 1.09. The first-order valence-electron chi connectivity index (χ1n) is 20.3. The van der Waals surface area contributed by atoms with Crippen molar-refractivity contribution in [2.24, 2.45) is 0 Å². The first kappa shape index (κ1) is 34.5. The van der Waals surface area contributed by atoms with Crippen LogP contribution in [0.15, 0.2) is 237 Å². The van der Waals surface area contributed by atoms with E-state index >= 15 is 0 Å². The van der Waals surface area contributed by atoms with Crippen LogP contribution in [0.4, 0.5) is 17.1 Å². The summed E-state index contributed by atoms with van der Waals surface area (Å²) in [6.45, 7) is 0. The first-order valence-corrected chi connectivity index (χ1v) is 20.3. The molecule has 0 N–H and O–H groups in total. The Bertz CT molecular complexity index is 3320. The van der Waals surface area contributed by atoms with Gasteiger partial charge in [-0.25, -0.2) is 0 Å². The molecule has 59 heavy (non-hydrogen) atoms. The Morgan fingerprint density at radius 1 is 0.203 bits per heavy atom. The van der Waals surface area contributed by atoms with E-state index in [0.717, 1.165) is 22.6 Å². The van der Waals surface area contributed by atoms with Crippen LogP contribution in [0.2, 0.25) is 0 Å².